The smallest absolute Gasteiger partial charge is 0.161 e. The summed E-state index contributed by atoms with van der Waals surface area (Å²) in [5.41, 5.74) is 2.56. The molecule has 0 aliphatic heterocycles. The minimum absolute atomic E-state index is 0.259. The van der Waals surface area contributed by atoms with Crippen molar-refractivity contribution in [2.24, 2.45) is 5.92 Å². The van der Waals surface area contributed by atoms with Crippen LogP contribution in [0.3, 0.4) is 0 Å². The van der Waals surface area contributed by atoms with Gasteiger partial charge in [-0.25, -0.2) is 14.4 Å². The van der Waals surface area contributed by atoms with Crippen molar-refractivity contribution in [2.75, 3.05) is 0 Å². The molecule has 1 heterocycles. The van der Waals surface area contributed by atoms with E-state index in [0.29, 0.717) is 16.9 Å². The summed E-state index contributed by atoms with van der Waals surface area (Å²) in [6.45, 7) is 6.11. The molecule has 20 heavy (non-hydrogen) atoms. The van der Waals surface area contributed by atoms with Gasteiger partial charge in [-0.05, 0) is 65.6 Å². The highest BCUT2D eigenvalue weighted by Gasteiger charge is 2.14. The summed E-state index contributed by atoms with van der Waals surface area (Å²) in [6, 6.07) is 4.59. The van der Waals surface area contributed by atoms with Crippen molar-refractivity contribution < 1.29 is 4.39 Å². The molecule has 2 nitrogen and oxygen atoms in total. The average molecular weight is 405 g/mol. The number of nitrogens with zero attached hydrogens (tertiary/aromatic N) is 2. The second-order valence-corrected chi connectivity index (χ2v) is 6.59. The predicted octanol–water partition coefficient (Wildman–Crippen LogP) is 5.05. The summed E-state index contributed by atoms with van der Waals surface area (Å²) in [6.07, 6.45) is 0.841. The van der Waals surface area contributed by atoms with E-state index in [0.717, 1.165) is 26.8 Å². The van der Waals surface area contributed by atoms with Gasteiger partial charge < -0.3 is 0 Å². The molecule has 1 aromatic heterocycles. The van der Waals surface area contributed by atoms with Gasteiger partial charge in [-0.3, -0.25) is 0 Å². The number of halogens is 3. The molecule has 2 aromatic rings. The van der Waals surface area contributed by atoms with Crippen LogP contribution in [0.4, 0.5) is 4.39 Å². The first kappa shape index (κ1) is 15.6. The van der Waals surface area contributed by atoms with Gasteiger partial charge in [0.2, 0.25) is 0 Å². The summed E-state index contributed by atoms with van der Waals surface area (Å²) >= 11 is 8.37. The molecular formula is C15H15ClFIN2. The standard InChI is InChI=1S/C15H15ClFIN2/c1-8(2)6-12-13(18)14(16)20-15(19-12)11-5-4-10(17)7-9(11)3/h4-5,7-8H,6H2,1-3H3. The van der Waals surface area contributed by atoms with E-state index < -0.39 is 0 Å². The van der Waals surface area contributed by atoms with Crippen LogP contribution in [0.25, 0.3) is 11.4 Å². The van der Waals surface area contributed by atoms with Crippen LogP contribution in [0, 0.1) is 22.2 Å². The predicted molar refractivity (Wildman–Crippen MR) is 88.4 cm³/mol. The minimum atomic E-state index is -0.259. The Morgan fingerprint density at radius 3 is 2.60 bits per heavy atom. The zero-order valence-electron chi connectivity index (χ0n) is 11.5. The Balaban J connectivity index is 2.54. The third-order valence-corrected chi connectivity index (χ3v) is 4.64. The van der Waals surface area contributed by atoms with Crippen LogP contribution in [0.2, 0.25) is 5.15 Å². The number of aryl methyl sites for hydroxylation is 1. The second-order valence-electron chi connectivity index (χ2n) is 5.16. The van der Waals surface area contributed by atoms with Crippen molar-refractivity contribution in [3.63, 3.8) is 0 Å². The minimum Gasteiger partial charge on any atom is -0.232 e. The zero-order chi connectivity index (χ0) is 14.9. The van der Waals surface area contributed by atoms with Gasteiger partial charge in [-0.2, -0.15) is 0 Å². The number of benzene rings is 1. The van der Waals surface area contributed by atoms with Crippen LogP contribution in [0.5, 0.6) is 0 Å². The Bertz CT molecular complexity index is 644. The molecule has 0 atom stereocenters. The third kappa shape index (κ3) is 3.47. The molecule has 0 saturated carbocycles. The fourth-order valence-corrected chi connectivity index (χ4v) is 2.63. The molecule has 0 spiro atoms. The van der Waals surface area contributed by atoms with E-state index in [4.69, 9.17) is 11.6 Å². The number of aromatic nitrogens is 2. The van der Waals surface area contributed by atoms with Crippen molar-refractivity contribution >= 4 is 34.2 Å². The number of hydrogen-bond donors (Lipinski definition) is 0. The molecule has 0 N–H and O–H groups in total. The topological polar surface area (TPSA) is 25.8 Å². The summed E-state index contributed by atoms with van der Waals surface area (Å²) < 4.78 is 14.1. The fraction of sp³-hybridized carbons (Fsp3) is 0.333. The highest BCUT2D eigenvalue weighted by atomic mass is 127. The lowest BCUT2D eigenvalue weighted by atomic mass is 10.1. The van der Waals surface area contributed by atoms with E-state index in [2.05, 4.69) is 46.4 Å². The van der Waals surface area contributed by atoms with E-state index in [1.54, 1.807) is 6.07 Å². The first-order valence-corrected chi connectivity index (χ1v) is 7.82. The first-order valence-electron chi connectivity index (χ1n) is 6.37. The Kier molecular flexibility index (Phi) is 4.96. The highest BCUT2D eigenvalue weighted by Crippen LogP contribution is 2.27. The van der Waals surface area contributed by atoms with Gasteiger partial charge in [-0.15, -0.1) is 0 Å². The summed E-state index contributed by atoms with van der Waals surface area (Å²) in [7, 11) is 0. The molecule has 106 valence electrons. The third-order valence-electron chi connectivity index (χ3n) is 2.91. The second kappa shape index (κ2) is 6.35. The normalized spacial score (nSPS) is 11.2. The Morgan fingerprint density at radius 2 is 2.00 bits per heavy atom. The van der Waals surface area contributed by atoms with E-state index in [-0.39, 0.29) is 5.82 Å². The van der Waals surface area contributed by atoms with Crippen LogP contribution >= 0.6 is 34.2 Å². The van der Waals surface area contributed by atoms with Crippen LogP contribution in [0.1, 0.15) is 25.1 Å². The molecule has 0 fully saturated rings. The van der Waals surface area contributed by atoms with Gasteiger partial charge >= 0.3 is 0 Å². The Labute approximate surface area is 136 Å². The summed E-state index contributed by atoms with van der Waals surface area (Å²) in [5.74, 6) is 0.783. The maximum Gasteiger partial charge on any atom is 0.161 e. The molecular weight excluding hydrogens is 390 g/mol. The monoisotopic (exact) mass is 404 g/mol. The molecule has 1 aromatic carbocycles. The summed E-state index contributed by atoms with van der Waals surface area (Å²) in [5, 5.41) is 0.454. The van der Waals surface area contributed by atoms with E-state index in [1.165, 1.54) is 12.1 Å². The Hall–Kier alpha value is -0.750. The van der Waals surface area contributed by atoms with Crippen molar-refractivity contribution in [2.45, 2.75) is 27.2 Å². The summed E-state index contributed by atoms with van der Waals surface area (Å²) in [4.78, 5) is 8.93. The van der Waals surface area contributed by atoms with Gasteiger partial charge in [-0.1, -0.05) is 25.4 Å². The lowest BCUT2D eigenvalue weighted by Gasteiger charge is -2.11. The van der Waals surface area contributed by atoms with Crippen molar-refractivity contribution in [3.05, 3.63) is 44.0 Å². The lowest BCUT2D eigenvalue weighted by Crippen LogP contribution is -2.05. The Morgan fingerprint density at radius 1 is 1.30 bits per heavy atom. The molecule has 5 heteroatoms. The van der Waals surface area contributed by atoms with E-state index >= 15 is 0 Å². The molecule has 0 bridgehead atoms. The first-order chi connectivity index (χ1) is 9.38. The lowest BCUT2D eigenvalue weighted by molar-refractivity contribution is 0.626. The van der Waals surface area contributed by atoms with Gasteiger partial charge in [0, 0.05) is 5.56 Å². The maximum atomic E-state index is 13.2. The quantitative estimate of drug-likeness (QED) is 0.528. The number of rotatable bonds is 3. The van der Waals surface area contributed by atoms with E-state index in [9.17, 15) is 4.39 Å². The molecule has 0 aliphatic carbocycles. The SMILES string of the molecule is Cc1cc(F)ccc1-c1nc(Cl)c(I)c(CC(C)C)n1. The van der Waals surface area contributed by atoms with E-state index in [1.807, 2.05) is 6.92 Å². The molecule has 2 rings (SSSR count). The number of hydrogen-bond acceptors (Lipinski definition) is 2. The average Bonchev–Trinajstić information content (AvgIpc) is 2.34. The fourth-order valence-electron chi connectivity index (χ4n) is 1.98. The van der Waals surface area contributed by atoms with Gasteiger partial charge in [0.15, 0.2) is 5.82 Å². The molecule has 0 aliphatic rings. The van der Waals surface area contributed by atoms with Gasteiger partial charge in [0.05, 0.1) is 9.26 Å². The van der Waals surface area contributed by atoms with Crippen LogP contribution in [0.15, 0.2) is 18.2 Å². The van der Waals surface area contributed by atoms with Crippen molar-refractivity contribution in [1.29, 1.82) is 0 Å². The molecule has 0 radical (unpaired) electrons. The van der Waals surface area contributed by atoms with Gasteiger partial charge in [0.25, 0.3) is 0 Å². The molecule has 0 saturated heterocycles. The van der Waals surface area contributed by atoms with Crippen molar-refractivity contribution in [3.8, 4) is 11.4 Å². The molecule has 0 amide bonds. The largest absolute Gasteiger partial charge is 0.232 e. The van der Waals surface area contributed by atoms with Crippen LogP contribution in [-0.4, -0.2) is 9.97 Å². The van der Waals surface area contributed by atoms with Crippen LogP contribution < -0.4 is 0 Å². The highest BCUT2D eigenvalue weighted by molar-refractivity contribution is 14.1. The van der Waals surface area contributed by atoms with Crippen molar-refractivity contribution in [1.82, 2.24) is 9.97 Å². The zero-order valence-corrected chi connectivity index (χ0v) is 14.5. The maximum absolute atomic E-state index is 13.2. The van der Waals surface area contributed by atoms with Gasteiger partial charge in [0.1, 0.15) is 11.0 Å². The molecule has 0 unspecified atom stereocenters. The van der Waals surface area contributed by atoms with Crippen LogP contribution in [-0.2, 0) is 6.42 Å².